The van der Waals surface area contributed by atoms with Crippen LogP contribution in [0.15, 0.2) is 18.2 Å². The third-order valence-electron chi connectivity index (χ3n) is 3.61. The minimum absolute atomic E-state index is 0.140. The Kier molecular flexibility index (Phi) is 4.12. The number of nitrogens with two attached hydrogens (primary N) is 1. The Bertz CT molecular complexity index is 530. The molecule has 1 heterocycles. The zero-order valence-corrected chi connectivity index (χ0v) is 11.4. The number of carbonyl (C=O) groups is 2. The number of carbonyl (C=O) groups excluding carboxylic acids is 2. The number of phenolic OH excluding ortho intramolecular Hbond substituents is 1. The molecule has 6 heteroatoms. The van der Waals surface area contributed by atoms with Gasteiger partial charge in [0.05, 0.1) is 11.3 Å². The maximum Gasteiger partial charge on any atom is 0.258 e. The summed E-state index contributed by atoms with van der Waals surface area (Å²) in [5, 5.41) is 12.5. The second-order valence-electron chi connectivity index (χ2n) is 4.87. The van der Waals surface area contributed by atoms with Crippen molar-refractivity contribution in [2.24, 2.45) is 0 Å². The standard InChI is InChI=1S/C14H19N3O3/c1-16-13(19)11-7-2-3-8-17(11)14(20)9-5-4-6-10(15)12(9)18/h4-6,11,18H,2-3,7-8,15H2,1H3,(H,16,19). The van der Waals surface area contributed by atoms with E-state index in [9.17, 15) is 14.7 Å². The Morgan fingerprint density at radius 2 is 2.15 bits per heavy atom. The first-order valence-corrected chi connectivity index (χ1v) is 6.66. The lowest BCUT2D eigenvalue weighted by Crippen LogP contribution is -2.51. The Hall–Kier alpha value is -2.24. The molecule has 1 aromatic carbocycles. The first kappa shape index (κ1) is 14.2. The molecule has 1 unspecified atom stereocenters. The molecule has 0 saturated carbocycles. The summed E-state index contributed by atoms with van der Waals surface area (Å²) in [5.74, 6) is -0.761. The van der Waals surface area contributed by atoms with Crippen LogP contribution >= 0.6 is 0 Å². The van der Waals surface area contributed by atoms with Gasteiger partial charge in [-0.05, 0) is 31.4 Å². The van der Waals surface area contributed by atoms with E-state index in [2.05, 4.69) is 5.32 Å². The Morgan fingerprint density at radius 1 is 1.40 bits per heavy atom. The number of aromatic hydroxyl groups is 1. The molecular formula is C14H19N3O3. The topological polar surface area (TPSA) is 95.7 Å². The van der Waals surface area contributed by atoms with Crippen molar-refractivity contribution in [3.05, 3.63) is 23.8 Å². The first-order chi connectivity index (χ1) is 9.56. The molecule has 2 amide bonds. The van der Waals surface area contributed by atoms with Gasteiger partial charge in [0.2, 0.25) is 5.91 Å². The van der Waals surface area contributed by atoms with Gasteiger partial charge in [0.25, 0.3) is 5.91 Å². The van der Waals surface area contributed by atoms with Crippen LogP contribution in [0.1, 0.15) is 29.6 Å². The van der Waals surface area contributed by atoms with Crippen molar-refractivity contribution in [1.29, 1.82) is 0 Å². The fraction of sp³-hybridized carbons (Fsp3) is 0.429. The summed E-state index contributed by atoms with van der Waals surface area (Å²) in [5.41, 5.74) is 5.91. The van der Waals surface area contributed by atoms with Crippen LogP contribution in [0.5, 0.6) is 5.75 Å². The molecule has 108 valence electrons. The van der Waals surface area contributed by atoms with Crippen LogP contribution in [0, 0.1) is 0 Å². The summed E-state index contributed by atoms with van der Waals surface area (Å²) in [6.07, 6.45) is 2.39. The van der Waals surface area contributed by atoms with E-state index in [4.69, 9.17) is 5.73 Å². The third kappa shape index (κ3) is 2.54. The average molecular weight is 277 g/mol. The molecule has 4 N–H and O–H groups in total. The molecule has 20 heavy (non-hydrogen) atoms. The van der Waals surface area contributed by atoms with Gasteiger partial charge < -0.3 is 21.1 Å². The first-order valence-electron chi connectivity index (χ1n) is 6.66. The van der Waals surface area contributed by atoms with E-state index < -0.39 is 6.04 Å². The van der Waals surface area contributed by atoms with E-state index in [0.717, 1.165) is 12.8 Å². The predicted molar refractivity (Wildman–Crippen MR) is 75.3 cm³/mol. The molecule has 0 spiro atoms. The number of nitrogens with zero attached hydrogens (tertiary/aromatic N) is 1. The zero-order valence-electron chi connectivity index (χ0n) is 11.4. The summed E-state index contributed by atoms with van der Waals surface area (Å²) < 4.78 is 0. The highest BCUT2D eigenvalue weighted by Gasteiger charge is 2.33. The monoisotopic (exact) mass is 277 g/mol. The van der Waals surface area contributed by atoms with Crippen LogP contribution in [-0.4, -0.2) is 41.5 Å². The van der Waals surface area contributed by atoms with Gasteiger partial charge in [-0.1, -0.05) is 6.07 Å². The van der Waals surface area contributed by atoms with Crippen LogP contribution in [0.3, 0.4) is 0 Å². The van der Waals surface area contributed by atoms with Crippen LogP contribution in [0.25, 0.3) is 0 Å². The maximum atomic E-state index is 12.5. The molecule has 2 rings (SSSR count). The number of rotatable bonds is 2. The lowest BCUT2D eigenvalue weighted by Gasteiger charge is -2.34. The number of hydrogen-bond donors (Lipinski definition) is 3. The van der Waals surface area contributed by atoms with E-state index in [1.165, 1.54) is 17.0 Å². The second-order valence-corrected chi connectivity index (χ2v) is 4.87. The number of para-hydroxylation sites is 1. The van der Waals surface area contributed by atoms with Gasteiger partial charge in [-0.15, -0.1) is 0 Å². The Labute approximate surface area is 117 Å². The highest BCUT2D eigenvalue weighted by Crippen LogP contribution is 2.28. The fourth-order valence-corrected chi connectivity index (χ4v) is 2.50. The number of anilines is 1. The summed E-state index contributed by atoms with van der Waals surface area (Å²) in [6, 6.07) is 4.17. The van der Waals surface area contributed by atoms with Gasteiger partial charge in [-0.3, -0.25) is 9.59 Å². The molecule has 0 aliphatic carbocycles. The molecule has 0 bridgehead atoms. The van der Waals surface area contributed by atoms with Crippen molar-refractivity contribution >= 4 is 17.5 Å². The van der Waals surface area contributed by atoms with Crippen LogP contribution in [-0.2, 0) is 4.79 Å². The number of hydrogen-bond acceptors (Lipinski definition) is 4. The number of nitrogens with one attached hydrogen (secondary N) is 1. The number of nitrogen functional groups attached to an aromatic ring is 1. The van der Waals surface area contributed by atoms with Crippen molar-refractivity contribution in [2.45, 2.75) is 25.3 Å². The lowest BCUT2D eigenvalue weighted by molar-refractivity contribution is -0.126. The number of piperidine rings is 1. The summed E-state index contributed by atoms with van der Waals surface area (Å²) >= 11 is 0. The van der Waals surface area contributed by atoms with E-state index in [1.54, 1.807) is 13.1 Å². The van der Waals surface area contributed by atoms with Gasteiger partial charge in [-0.2, -0.15) is 0 Å². The molecule has 1 saturated heterocycles. The summed E-state index contributed by atoms with van der Waals surface area (Å²) in [7, 11) is 1.55. The normalized spacial score (nSPS) is 18.6. The van der Waals surface area contributed by atoms with E-state index in [-0.39, 0.29) is 28.8 Å². The van der Waals surface area contributed by atoms with Crippen molar-refractivity contribution in [2.75, 3.05) is 19.3 Å². The number of amides is 2. The largest absolute Gasteiger partial charge is 0.505 e. The van der Waals surface area contributed by atoms with Crippen molar-refractivity contribution in [3.63, 3.8) is 0 Å². The molecule has 0 aromatic heterocycles. The average Bonchev–Trinajstić information content (AvgIpc) is 2.48. The zero-order chi connectivity index (χ0) is 14.7. The smallest absolute Gasteiger partial charge is 0.258 e. The minimum Gasteiger partial charge on any atom is -0.505 e. The van der Waals surface area contributed by atoms with Crippen molar-refractivity contribution < 1.29 is 14.7 Å². The quantitative estimate of drug-likeness (QED) is 0.548. The van der Waals surface area contributed by atoms with E-state index in [0.29, 0.717) is 13.0 Å². The molecule has 1 aromatic rings. The molecular weight excluding hydrogens is 258 g/mol. The lowest BCUT2D eigenvalue weighted by atomic mass is 9.99. The highest BCUT2D eigenvalue weighted by atomic mass is 16.3. The van der Waals surface area contributed by atoms with Gasteiger partial charge in [0, 0.05) is 13.6 Å². The molecule has 1 atom stereocenters. The molecule has 1 aliphatic heterocycles. The number of likely N-dealkylation sites (N-methyl/N-ethyl adjacent to an activating group) is 1. The highest BCUT2D eigenvalue weighted by molar-refractivity contribution is 6.00. The summed E-state index contributed by atoms with van der Waals surface area (Å²) in [6.45, 7) is 0.505. The number of phenols is 1. The van der Waals surface area contributed by atoms with Crippen LogP contribution in [0.4, 0.5) is 5.69 Å². The van der Waals surface area contributed by atoms with E-state index >= 15 is 0 Å². The molecule has 1 fully saturated rings. The maximum absolute atomic E-state index is 12.5. The number of benzene rings is 1. The van der Waals surface area contributed by atoms with Crippen LogP contribution < -0.4 is 11.1 Å². The second kappa shape index (κ2) is 5.81. The predicted octanol–water partition coefficient (Wildman–Crippen LogP) is 0.715. The Morgan fingerprint density at radius 3 is 2.85 bits per heavy atom. The van der Waals surface area contributed by atoms with Gasteiger partial charge >= 0.3 is 0 Å². The SMILES string of the molecule is CNC(=O)C1CCCCN1C(=O)c1cccc(N)c1O. The third-order valence-corrected chi connectivity index (χ3v) is 3.61. The van der Waals surface area contributed by atoms with Gasteiger partial charge in [0.15, 0.2) is 5.75 Å². The minimum atomic E-state index is -0.484. The van der Waals surface area contributed by atoms with Crippen LogP contribution in [0.2, 0.25) is 0 Å². The number of likely N-dealkylation sites (tertiary alicyclic amines) is 1. The molecule has 1 aliphatic rings. The Balaban J connectivity index is 2.30. The van der Waals surface area contributed by atoms with Crippen molar-refractivity contribution in [3.8, 4) is 5.75 Å². The molecule has 0 radical (unpaired) electrons. The summed E-state index contributed by atoms with van der Waals surface area (Å²) in [4.78, 5) is 25.9. The fourth-order valence-electron chi connectivity index (χ4n) is 2.50. The molecule has 6 nitrogen and oxygen atoms in total. The van der Waals surface area contributed by atoms with Gasteiger partial charge in [-0.25, -0.2) is 0 Å². The van der Waals surface area contributed by atoms with E-state index in [1.807, 2.05) is 0 Å². The van der Waals surface area contributed by atoms with Crippen molar-refractivity contribution in [1.82, 2.24) is 10.2 Å². The van der Waals surface area contributed by atoms with Gasteiger partial charge in [0.1, 0.15) is 6.04 Å².